The lowest BCUT2D eigenvalue weighted by Gasteiger charge is -2.32. The van der Waals surface area contributed by atoms with Crippen LogP contribution in [0.1, 0.15) is 69.9 Å². The molecule has 3 rings (SSSR count). The molecule has 1 fully saturated rings. The number of carboxylic acid groups (broad SMARTS) is 1. The summed E-state index contributed by atoms with van der Waals surface area (Å²) in [7, 11) is 0. The number of esters is 1. The molecule has 2 aromatic rings. The number of aryl methyl sites for hydroxylation is 1. The Morgan fingerprint density at radius 2 is 1.57 bits per heavy atom. The maximum atomic E-state index is 13.8. The molecular formula is C33H45N3O6. The van der Waals surface area contributed by atoms with E-state index in [2.05, 4.69) is 10.6 Å². The number of hydrogen-bond donors (Lipinski definition) is 3. The monoisotopic (exact) mass is 579 g/mol. The van der Waals surface area contributed by atoms with E-state index in [1.165, 1.54) is 0 Å². The van der Waals surface area contributed by atoms with Crippen molar-refractivity contribution in [2.45, 2.75) is 95.8 Å². The molecule has 0 heterocycles. The van der Waals surface area contributed by atoms with E-state index in [1.54, 1.807) is 11.8 Å². The highest BCUT2D eigenvalue weighted by Gasteiger charge is 2.34. The molecule has 0 bridgehead atoms. The Kier molecular flexibility index (Phi) is 13.5. The molecule has 9 nitrogen and oxygen atoms in total. The van der Waals surface area contributed by atoms with Crippen molar-refractivity contribution in [1.29, 1.82) is 0 Å². The third-order valence-corrected chi connectivity index (χ3v) is 7.69. The predicted octanol–water partition coefficient (Wildman–Crippen LogP) is 3.89. The highest BCUT2D eigenvalue weighted by atomic mass is 16.5. The summed E-state index contributed by atoms with van der Waals surface area (Å²) < 4.78 is 5.51. The quantitative estimate of drug-likeness (QED) is 0.192. The Bertz CT molecular complexity index is 1140. The molecule has 228 valence electrons. The average molecular weight is 580 g/mol. The van der Waals surface area contributed by atoms with Gasteiger partial charge in [0.25, 0.3) is 0 Å². The van der Waals surface area contributed by atoms with Gasteiger partial charge in [0, 0.05) is 12.5 Å². The normalized spacial score (nSPS) is 15.4. The van der Waals surface area contributed by atoms with Gasteiger partial charge in [-0.05, 0) is 50.2 Å². The first-order valence-electron chi connectivity index (χ1n) is 15.1. The van der Waals surface area contributed by atoms with Crippen molar-refractivity contribution in [2.24, 2.45) is 0 Å². The van der Waals surface area contributed by atoms with Gasteiger partial charge < -0.3 is 20.1 Å². The van der Waals surface area contributed by atoms with Crippen LogP contribution in [0.15, 0.2) is 60.7 Å². The highest BCUT2D eigenvalue weighted by Crippen LogP contribution is 2.24. The average Bonchev–Trinajstić information content (AvgIpc) is 3.53. The standard InChI is InChI=1S/C33H45N3O6/c1-3-4-21-42-33(41)28(20-19-25-13-7-5-8-14-25)34-24(2)31(38)36(27-17-11-12-18-27)23-30(37)35-29(32(39)40)22-26-15-9-6-10-16-26/h5-10,13-16,24,27-29,34H,3-4,11-12,17-23H2,1-2H3,(H,35,37)(H,39,40)/t24-,28?,29-/m0/s1. The fraction of sp³-hybridized carbons (Fsp3) is 0.515. The van der Waals surface area contributed by atoms with E-state index in [9.17, 15) is 24.3 Å². The molecule has 42 heavy (non-hydrogen) atoms. The number of benzene rings is 2. The summed E-state index contributed by atoms with van der Waals surface area (Å²) in [5.74, 6) is -2.35. The second kappa shape index (κ2) is 17.3. The van der Waals surface area contributed by atoms with Gasteiger partial charge in [0.2, 0.25) is 11.8 Å². The fourth-order valence-corrected chi connectivity index (χ4v) is 5.31. The van der Waals surface area contributed by atoms with Crippen molar-refractivity contribution >= 4 is 23.8 Å². The minimum atomic E-state index is -1.14. The molecule has 1 aliphatic rings. The summed E-state index contributed by atoms with van der Waals surface area (Å²) >= 11 is 0. The molecular weight excluding hydrogens is 534 g/mol. The van der Waals surface area contributed by atoms with E-state index in [1.807, 2.05) is 67.6 Å². The summed E-state index contributed by atoms with van der Waals surface area (Å²) in [5.41, 5.74) is 1.87. The maximum absolute atomic E-state index is 13.8. The second-order valence-electron chi connectivity index (χ2n) is 11.0. The Morgan fingerprint density at radius 3 is 2.17 bits per heavy atom. The number of carbonyl (C=O) groups is 4. The molecule has 0 aromatic heterocycles. The molecule has 0 saturated heterocycles. The van der Waals surface area contributed by atoms with Gasteiger partial charge in [-0.25, -0.2) is 4.79 Å². The second-order valence-corrected chi connectivity index (χ2v) is 11.0. The van der Waals surface area contributed by atoms with Gasteiger partial charge in [-0.2, -0.15) is 0 Å². The first kappa shape index (κ1) is 32.8. The predicted molar refractivity (Wildman–Crippen MR) is 161 cm³/mol. The largest absolute Gasteiger partial charge is 0.480 e. The number of rotatable bonds is 17. The van der Waals surface area contributed by atoms with E-state index in [0.29, 0.717) is 19.4 Å². The molecule has 0 aliphatic heterocycles. The van der Waals surface area contributed by atoms with Crippen LogP contribution in [0.3, 0.4) is 0 Å². The van der Waals surface area contributed by atoms with Crippen LogP contribution in [-0.2, 0) is 36.8 Å². The molecule has 1 saturated carbocycles. The van der Waals surface area contributed by atoms with E-state index in [-0.39, 0.29) is 24.9 Å². The molecule has 3 N–H and O–H groups in total. The molecule has 2 amide bonds. The third kappa shape index (κ3) is 10.6. The van der Waals surface area contributed by atoms with Crippen molar-refractivity contribution < 1.29 is 29.0 Å². The number of unbranched alkanes of at least 4 members (excludes halogenated alkanes) is 1. The van der Waals surface area contributed by atoms with Crippen LogP contribution >= 0.6 is 0 Å². The summed E-state index contributed by atoms with van der Waals surface area (Å²) in [6.45, 7) is 3.80. The van der Waals surface area contributed by atoms with Crippen molar-refractivity contribution in [3.63, 3.8) is 0 Å². The fourth-order valence-electron chi connectivity index (χ4n) is 5.31. The Morgan fingerprint density at radius 1 is 0.952 bits per heavy atom. The van der Waals surface area contributed by atoms with E-state index >= 15 is 0 Å². The number of ether oxygens (including phenoxy) is 1. The number of amides is 2. The summed E-state index contributed by atoms with van der Waals surface area (Å²) in [4.78, 5) is 53.4. The van der Waals surface area contributed by atoms with Crippen molar-refractivity contribution in [2.75, 3.05) is 13.2 Å². The number of hydrogen-bond acceptors (Lipinski definition) is 6. The zero-order valence-corrected chi connectivity index (χ0v) is 24.8. The first-order valence-corrected chi connectivity index (χ1v) is 15.1. The van der Waals surface area contributed by atoms with Gasteiger partial charge in [0.15, 0.2) is 0 Å². The summed E-state index contributed by atoms with van der Waals surface area (Å²) in [5, 5.41) is 15.5. The molecule has 1 aliphatic carbocycles. The van der Waals surface area contributed by atoms with Crippen LogP contribution in [-0.4, -0.2) is 71.1 Å². The minimum Gasteiger partial charge on any atom is -0.480 e. The van der Waals surface area contributed by atoms with E-state index in [4.69, 9.17) is 4.74 Å². The number of nitrogens with one attached hydrogen (secondary N) is 2. The number of aliphatic carboxylic acids is 1. The number of carbonyl (C=O) groups excluding carboxylic acids is 3. The van der Waals surface area contributed by atoms with Gasteiger partial charge in [-0.1, -0.05) is 86.8 Å². The maximum Gasteiger partial charge on any atom is 0.326 e. The van der Waals surface area contributed by atoms with Crippen LogP contribution in [0.25, 0.3) is 0 Å². The van der Waals surface area contributed by atoms with E-state index < -0.39 is 36.0 Å². The Balaban J connectivity index is 1.68. The van der Waals surface area contributed by atoms with Crippen LogP contribution in [0, 0.1) is 0 Å². The molecule has 2 aromatic carbocycles. The van der Waals surface area contributed by atoms with Gasteiger partial charge in [-0.15, -0.1) is 0 Å². The molecule has 1 unspecified atom stereocenters. The van der Waals surface area contributed by atoms with Gasteiger partial charge >= 0.3 is 11.9 Å². The first-order chi connectivity index (χ1) is 20.3. The van der Waals surface area contributed by atoms with Crippen LogP contribution in [0.2, 0.25) is 0 Å². The smallest absolute Gasteiger partial charge is 0.326 e. The SMILES string of the molecule is CCCCOC(=O)C(CCc1ccccc1)N[C@@H](C)C(=O)N(CC(=O)N[C@@H](Cc1ccccc1)C(=O)O)C1CCCC1. The van der Waals surface area contributed by atoms with Crippen molar-refractivity contribution in [3.05, 3.63) is 71.8 Å². The van der Waals surface area contributed by atoms with Crippen molar-refractivity contribution in [1.82, 2.24) is 15.5 Å². The van der Waals surface area contributed by atoms with Gasteiger partial charge in [0.1, 0.15) is 12.1 Å². The zero-order valence-electron chi connectivity index (χ0n) is 24.8. The van der Waals surface area contributed by atoms with Gasteiger partial charge in [0.05, 0.1) is 19.2 Å². The lowest BCUT2D eigenvalue weighted by molar-refractivity contribution is -0.147. The molecule has 0 radical (unpaired) electrons. The lowest BCUT2D eigenvalue weighted by Crippen LogP contribution is -2.56. The van der Waals surface area contributed by atoms with Crippen LogP contribution in [0.4, 0.5) is 0 Å². The highest BCUT2D eigenvalue weighted by molar-refractivity contribution is 5.90. The topological polar surface area (TPSA) is 125 Å². The molecule has 0 spiro atoms. The van der Waals surface area contributed by atoms with Crippen LogP contribution in [0.5, 0.6) is 0 Å². The molecule has 9 heteroatoms. The Hall–Kier alpha value is -3.72. The summed E-state index contributed by atoms with van der Waals surface area (Å²) in [6.07, 6.45) is 6.34. The summed E-state index contributed by atoms with van der Waals surface area (Å²) in [6, 6.07) is 16.2. The number of nitrogens with zero attached hydrogens (tertiary/aromatic N) is 1. The minimum absolute atomic E-state index is 0.121. The van der Waals surface area contributed by atoms with Crippen molar-refractivity contribution in [3.8, 4) is 0 Å². The lowest BCUT2D eigenvalue weighted by atomic mass is 10.0. The molecule has 3 atom stereocenters. The van der Waals surface area contributed by atoms with E-state index in [0.717, 1.165) is 49.7 Å². The number of carboxylic acids is 1. The van der Waals surface area contributed by atoms with Crippen LogP contribution < -0.4 is 10.6 Å². The zero-order chi connectivity index (χ0) is 30.3. The Labute approximate surface area is 249 Å². The third-order valence-electron chi connectivity index (χ3n) is 7.69. The van der Waals surface area contributed by atoms with Gasteiger partial charge in [-0.3, -0.25) is 19.7 Å².